The van der Waals surface area contributed by atoms with E-state index in [1.807, 2.05) is 4.98 Å². The Balaban J connectivity index is 2.28. The fourth-order valence-corrected chi connectivity index (χ4v) is 2.50. The van der Waals surface area contributed by atoms with Gasteiger partial charge in [0, 0.05) is 12.3 Å². The van der Waals surface area contributed by atoms with Crippen LogP contribution in [0.1, 0.15) is 13.2 Å². The first-order valence-electron chi connectivity index (χ1n) is 6.10. The summed E-state index contributed by atoms with van der Waals surface area (Å²) in [5, 5.41) is 20.3. The standard InChI is InChI=1S/C10H15N2O9P/c1-10(16)7(14)5(4-20-22(17,18)19)21-8(10)12-3-2-6(13)11-9(12)15/h2-3,5,7-8,14,16H,4H2,1H3,(H,11,13,15)(H2,17,18,19). The fraction of sp³-hybridized carbons (Fsp3) is 0.600. The second-order valence-electron chi connectivity index (χ2n) is 5.00. The molecule has 22 heavy (non-hydrogen) atoms. The lowest BCUT2D eigenvalue weighted by molar-refractivity contribution is -0.0986. The van der Waals surface area contributed by atoms with Crippen molar-refractivity contribution in [3.63, 3.8) is 0 Å². The van der Waals surface area contributed by atoms with Gasteiger partial charge >= 0.3 is 13.5 Å². The van der Waals surface area contributed by atoms with Crippen LogP contribution in [-0.2, 0) is 13.8 Å². The van der Waals surface area contributed by atoms with Crippen molar-refractivity contribution in [2.45, 2.75) is 31.0 Å². The second kappa shape index (κ2) is 5.70. The number of aromatic amines is 1. The lowest BCUT2D eigenvalue weighted by Crippen LogP contribution is -2.46. The van der Waals surface area contributed by atoms with Gasteiger partial charge in [-0.15, -0.1) is 0 Å². The van der Waals surface area contributed by atoms with E-state index in [0.717, 1.165) is 16.8 Å². The highest BCUT2D eigenvalue weighted by atomic mass is 31.2. The molecule has 0 radical (unpaired) electrons. The molecule has 0 bridgehead atoms. The van der Waals surface area contributed by atoms with Gasteiger partial charge in [0.25, 0.3) is 5.56 Å². The lowest BCUT2D eigenvalue weighted by atomic mass is 9.96. The number of aliphatic hydroxyl groups is 2. The van der Waals surface area contributed by atoms with E-state index in [-0.39, 0.29) is 0 Å². The number of phosphoric acid groups is 1. The van der Waals surface area contributed by atoms with E-state index in [1.165, 1.54) is 6.92 Å². The zero-order valence-corrected chi connectivity index (χ0v) is 12.2. The molecule has 0 aliphatic carbocycles. The van der Waals surface area contributed by atoms with Crippen molar-refractivity contribution < 1.29 is 33.8 Å². The molecule has 1 saturated heterocycles. The molecule has 1 aliphatic rings. The highest BCUT2D eigenvalue weighted by molar-refractivity contribution is 7.46. The SMILES string of the molecule is CC1(O)C(O)C(COP(=O)(O)O)OC1n1ccc(=O)[nH]c1=O. The maximum Gasteiger partial charge on any atom is 0.469 e. The molecule has 0 amide bonds. The minimum absolute atomic E-state index is 0.652. The summed E-state index contributed by atoms with van der Waals surface area (Å²) < 4.78 is 21.0. The highest BCUT2D eigenvalue weighted by Gasteiger charge is 2.53. The smallest absolute Gasteiger partial charge is 0.387 e. The van der Waals surface area contributed by atoms with Gasteiger partial charge in [0.1, 0.15) is 17.8 Å². The van der Waals surface area contributed by atoms with Crippen molar-refractivity contribution >= 4 is 7.82 Å². The number of aromatic nitrogens is 2. The van der Waals surface area contributed by atoms with Crippen molar-refractivity contribution in [1.82, 2.24) is 9.55 Å². The Morgan fingerprint density at radius 1 is 1.50 bits per heavy atom. The van der Waals surface area contributed by atoms with Gasteiger partial charge in [-0.05, 0) is 6.92 Å². The minimum Gasteiger partial charge on any atom is -0.387 e. The van der Waals surface area contributed by atoms with E-state index in [9.17, 15) is 24.4 Å². The quantitative estimate of drug-likeness (QED) is 0.377. The summed E-state index contributed by atoms with van der Waals surface area (Å²) in [5.41, 5.74) is -3.48. The summed E-state index contributed by atoms with van der Waals surface area (Å²) in [5.74, 6) is 0. The van der Waals surface area contributed by atoms with Gasteiger partial charge in [-0.1, -0.05) is 0 Å². The van der Waals surface area contributed by atoms with Gasteiger partial charge in [0.05, 0.1) is 6.61 Å². The second-order valence-corrected chi connectivity index (χ2v) is 6.24. The van der Waals surface area contributed by atoms with Crippen LogP contribution in [0.2, 0.25) is 0 Å². The minimum atomic E-state index is -4.78. The van der Waals surface area contributed by atoms with Gasteiger partial charge < -0.3 is 24.7 Å². The van der Waals surface area contributed by atoms with Crippen LogP contribution in [0.4, 0.5) is 0 Å². The van der Waals surface area contributed by atoms with Crippen molar-refractivity contribution in [3.05, 3.63) is 33.1 Å². The summed E-state index contributed by atoms with van der Waals surface area (Å²) in [4.78, 5) is 42.0. The number of aliphatic hydroxyl groups excluding tert-OH is 1. The number of phosphoric ester groups is 1. The van der Waals surface area contributed by atoms with Crippen LogP contribution < -0.4 is 11.2 Å². The van der Waals surface area contributed by atoms with Crippen LogP contribution in [0.25, 0.3) is 0 Å². The van der Waals surface area contributed by atoms with Gasteiger partial charge in [-0.25, -0.2) is 9.36 Å². The van der Waals surface area contributed by atoms with Crippen molar-refractivity contribution in [3.8, 4) is 0 Å². The normalized spacial score (nSPS) is 32.3. The average molecular weight is 338 g/mol. The maximum absolute atomic E-state index is 11.7. The summed E-state index contributed by atoms with van der Waals surface area (Å²) in [6.45, 7) is 0.480. The molecule has 0 aromatic carbocycles. The monoisotopic (exact) mass is 338 g/mol. The number of H-pyrrole nitrogens is 1. The zero-order chi connectivity index (χ0) is 16.7. The third-order valence-corrected chi connectivity index (χ3v) is 3.75. The largest absolute Gasteiger partial charge is 0.469 e. The molecule has 1 aromatic rings. The molecule has 4 atom stereocenters. The number of nitrogens with zero attached hydrogens (tertiary/aromatic N) is 1. The lowest BCUT2D eigenvalue weighted by Gasteiger charge is -2.27. The van der Waals surface area contributed by atoms with Crippen LogP contribution in [-0.4, -0.2) is 54.0 Å². The highest BCUT2D eigenvalue weighted by Crippen LogP contribution is 2.41. The van der Waals surface area contributed by atoms with Crippen LogP contribution in [0.5, 0.6) is 0 Å². The Morgan fingerprint density at radius 2 is 2.14 bits per heavy atom. The Kier molecular flexibility index (Phi) is 4.42. The summed E-state index contributed by atoms with van der Waals surface area (Å²) in [6, 6.07) is 1.02. The third-order valence-electron chi connectivity index (χ3n) is 3.27. The summed E-state index contributed by atoms with van der Waals surface area (Å²) >= 11 is 0. The van der Waals surface area contributed by atoms with E-state index in [2.05, 4.69) is 4.52 Å². The molecule has 2 rings (SSSR count). The van der Waals surface area contributed by atoms with Gasteiger partial charge in [-0.3, -0.25) is 18.9 Å². The molecule has 2 heterocycles. The molecule has 0 spiro atoms. The van der Waals surface area contributed by atoms with Gasteiger partial charge in [-0.2, -0.15) is 0 Å². The molecular weight excluding hydrogens is 323 g/mol. The van der Waals surface area contributed by atoms with Crippen LogP contribution in [0.15, 0.2) is 21.9 Å². The molecule has 12 heteroatoms. The number of ether oxygens (including phenoxy) is 1. The van der Waals surface area contributed by atoms with Crippen LogP contribution in [0.3, 0.4) is 0 Å². The van der Waals surface area contributed by atoms with E-state index >= 15 is 0 Å². The summed E-state index contributed by atoms with van der Waals surface area (Å²) in [6.07, 6.45) is -3.18. The molecule has 5 N–H and O–H groups in total. The van der Waals surface area contributed by atoms with E-state index in [4.69, 9.17) is 14.5 Å². The number of hydrogen-bond donors (Lipinski definition) is 5. The Hall–Kier alpha value is -1.33. The van der Waals surface area contributed by atoms with Gasteiger partial charge in [0.2, 0.25) is 0 Å². The van der Waals surface area contributed by atoms with Crippen molar-refractivity contribution in [2.24, 2.45) is 0 Å². The first kappa shape index (κ1) is 17.0. The number of nitrogens with one attached hydrogen (secondary N) is 1. The maximum atomic E-state index is 11.7. The topological polar surface area (TPSA) is 171 Å². The first-order chi connectivity index (χ1) is 10.0. The van der Waals surface area contributed by atoms with E-state index in [1.54, 1.807) is 0 Å². The van der Waals surface area contributed by atoms with E-state index in [0.29, 0.717) is 0 Å². The van der Waals surface area contributed by atoms with Crippen molar-refractivity contribution in [2.75, 3.05) is 6.61 Å². The zero-order valence-electron chi connectivity index (χ0n) is 11.3. The van der Waals surface area contributed by atoms with Crippen molar-refractivity contribution in [1.29, 1.82) is 0 Å². The fourth-order valence-electron chi connectivity index (χ4n) is 2.16. The predicted octanol–water partition coefficient (Wildman–Crippen LogP) is -2.34. The molecule has 1 fully saturated rings. The van der Waals surface area contributed by atoms with E-state index < -0.39 is 49.7 Å². The molecular formula is C10H15N2O9P. The van der Waals surface area contributed by atoms with Crippen LogP contribution in [0, 0.1) is 0 Å². The van der Waals surface area contributed by atoms with Gasteiger partial charge in [0.15, 0.2) is 6.23 Å². The molecule has 4 unspecified atom stereocenters. The Labute approximate surface area is 123 Å². The predicted molar refractivity (Wildman–Crippen MR) is 69.9 cm³/mol. The molecule has 1 aromatic heterocycles. The Morgan fingerprint density at radius 3 is 2.68 bits per heavy atom. The molecule has 0 saturated carbocycles. The van der Waals surface area contributed by atoms with Crippen LogP contribution >= 0.6 is 7.82 Å². The first-order valence-corrected chi connectivity index (χ1v) is 7.63. The molecule has 11 nitrogen and oxygen atoms in total. The Bertz CT molecular complexity index is 705. The third kappa shape index (κ3) is 3.36. The molecule has 124 valence electrons. The number of rotatable bonds is 4. The summed E-state index contributed by atoms with van der Waals surface area (Å²) in [7, 11) is -4.78. The average Bonchev–Trinajstić information content (AvgIpc) is 2.59. The number of hydrogen-bond acceptors (Lipinski definition) is 7. The molecule has 1 aliphatic heterocycles.